The van der Waals surface area contributed by atoms with Crippen LogP contribution in [0.2, 0.25) is 0 Å². The fourth-order valence-corrected chi connectivity index (χ4v) is 5.19. The molecule has 3 unspecified atom stereocenters. The largest absolute Gasteiger partial charge is 0.378 e. The Morgan fingerprint density at radius 3 is 2.36 bits per heavy atom. The van der Waals surface area contributed by atoms with Gasteiger partial charge in [-0.15, -0.1) is 0 Å². The van der Waals surface area contributed by atoms with Crippen LogP contribution in [0.5, 0.6) is 0 Å². The van der Waals surface area contributed by atoms with Crippen molar-refractivity contribution in [1.82, 2.24) is 4.31 Å². The van der Waals surface area contributed by atoms with Crippen molar-refractivity contribution in [3.8, 4) is 0 Å². The maximum Gasteiger partial charge on any atom is 0.242 e. The van der Waals surface area contributed by atoms with E-state index in [1.165, 1.54) is 15.6 Å². The van der Waals surface area contributed by atoms with Gasteiger partial charge in [-0.25, -0.2) is 12.7 Å². The predicted octanol–water partition coefficient (Wildman–Crippen LogP) is 3.83. The van der Waals surface area contributed by atoms with E-state index in [1.807, 2.05) is 26.2 Å². The van der Waals surface area contributed by atoms with Gasteiger partial charge in [-0.3, -0.25) is 0 Å². The molecule has 1 aliphatic heterocycles. The van der Waals surface area contributed by atoms with Crippen LogP contribution in [0.4, 0.5) is 11.4 Å². The summed E-state index contributed by atoms with van der Waals surface area (Å²) in [6.45, 7) is 0. The molecule has 1 aliphatic carbocycles. The molecular weight excluding hydrogens is 370 g/mol. The highest BCUT2D eigenvalue weighted by molar-refractivity contribution is 7.89. The Bertz CT molecular complexity index is 1010. The topological polar surface area (TPSA) is 52.7 Å². The van der Waals surface area contributed by atoms with Crippen LogP contribution in [0.3, 0.4) is 0 Å². The van der Waals surface area contributed by atoms with E-state index in [-0.39, 0.29) is 12.0 Å². The van der Waals surface area contributed by atoms with Crippen molar-refractivity contribution in [2.45, 2.75) is 23.3 Å². The molecule has 2 aromatic carbocycles. The third-order valence-corrected chi connectivity index (χ3v) is 7.69. The van der Waals surface area contributed by atoms with Crippen LogP contribution in [0.25, 0.3) is 0 Å². The molecule has 0 spiro atoms. The zero-order chi connectivity index (χ0) is 20.1. The van der Waals surface area contributed by atoms with E-state index in [2.05, 4.69) is 46.6 Å². The highest BCUT2D eigenvalue weighted by Crippen LogP contribution is 2.50. The van der Waals surface area contributed by atoms with Gasteiger partial charge >= 0.3 is 0 Å². The monoisotopic (exact) mass is 397 g/mol. The Labute approximate surface area is 167 Å². The number of allylic oxidation sites excluding steroid dienone is 2. The standard InChI is InChI=1S/C22H27N3O2S/c1-24(2)16-10-8-15(9-11-16)22-19-7-5-6-18(19)20-14-17(12-13-21(20)23-22)28(26,27)25(3)4/h5-6,8-14,18-19,22-23H,7H2,1-4H3. The maximum absolute atomic E-state index is 12.6. The lowest BCUT2D eigenvalue weighted by molar-refractivity contribution is 0.425. The Morgan fingerprint density at radius 2 is 1.71 bits per heavy atom. The second-order valence-electron chi connectivity index (χ2n) is 8.00. The van der Waals surface area contributed by atoms with E-state index in [0.29, 0.717) is 10.8 Å². The second kappa shape index (κ2) is 6.94. The second-order valence-corrected chi connectivity index (χ2v) is 10.1. The van der Waals surface area contributed by atoms with Crippen molar-refractivity contribution >= 4 is 21.4 Å². The van der Waals surface area contributed by atoms with Gasteiger partial charge in [-0.05, 0) is 53.8 Å². The molecule has 1 N–H and O–H groups in total. The highest BCUT2D eigenvalue weighted by atomic mass is 32.2. The fourth-order valence-electron chi connectivity index (χ4n) is 4.25. The molecule has 2 aromatic rings. The number of rotatable bonds is 4. The third kappa shape index (κ3) is 3.10. The molecule has 0 bridgehead atoms. The number of sulfonamides is 1. The number of nitrogens with zero attached hydrogens (tertiary/aromatic N) is 2. The molecule has 148 valence electrons. The number of fused-ring (bicyclic) bond motifs is 3. The first-order valence-corrected chi connectivity index (χ1v) is 11.0. The Kier molecular flexibility index (Phi) is 4.71. The van der Waals surface area contributed by atoms with E-state index >= 15 is 0 Å². The molecule has 0 saturated carbocycles. The molecule has 2 aliphatic rings. The fraction of sp³-hybridized carbons (Fsp3) is 0.364. The SMILES string of the molecule is CN(C)c1ccc(C2Nc3ccc(S(=O)(=O)N(C)C)cc3C3C=CCC32)cc1. The normalized spacial score (nSPS) is 23.2. The van der Waals surface area contributed by atoms with Crippen molar-refractivity contribution in [3.63, 3.8) is 0 Å². The maximum atomic E-state index is 12.6. The van der Waals surface area contributed by atoms with Crippen LogP contribution < -0.4 is 10.2 Å². The van der Waals surface area contributed by atoms with Gasteiger partial charge in [-0.1, -0.05) is 24.3 Å². The quantitative estimate of drug-likeness (QED) is 0.797. The van der Waals surface area contributed by atoms with Crippen molar-refractivity contribution in [1.29, 1.82) is 0 Å². The number of benzene rings is 2. The molecule has 6 heteroatoms. The molecular formula is C22H27N3O2S. The van der Waals surface area contributed by atoms with E-state index in [1.54, 1.807) is 20.2 Å². The molecule has 4 rings (SSSR count). The van der Waals surface area contributed by atoms with Gasteiger partial charge in [0.15, 0.2) is 0 Å². The number of anilines is 2. The van der Waals surface area contributed by atoms with Gasteiger partial charge in [0.2, 0.25) is 10.0 Å². The van der Waals surface area contributed by atoms with Gasteiger partial charge in [0.05, 0.1) is 10.9 Å². The Hall–Kier alpha value is -2.31. The predicted molar refractivity (Wildman–Crippen MR) is 114 cm³/mol. The molecule has 28 heavy (non-hydrogen) atoms. The van der Waals surface area contributed by atoms with Crippen LogP contribution in [0, 0.1) is 5.92 Å². The van der Waals surface area contributed by atoms with Crippen LogP contribution in [-0.2, 0) is 10.0 Å². The summed E-state index contributed by atoms with van der Waals surface area (Å²) in [4.78, 5) is 2.45. The van der Waals surface area contributed by atoms with Gasteiger partial charge in [0, 0.05) is 45.5 Å². The minimum Gasteiger partial charge on any atom is -0.378 e. The lowest BCUT2D eigenvalue weighted by Gasteiger charge is -2.38. The first kappa shape index (κ1) is 19.0. The smallest absolute Gasteiger partial charge is 0.242 e. The minimum absolute atomic E-state index is 0.208. The summed E-state index contributed by atoms with van der Waals surface area (Å²) in [5.41, 5.74) is 4.54. The van der Waals surface area contributed by atoms with E-state index in [0.717, 1.165) is 17.7 Å². The zero-order valence-electron chi connectivity index (χ0n) is 16.8. The number of hydrogen-bond donors (Lipinski definition) is 1. The molecule has 1 heterocycles. The highest BCUT2D eigenvalue weighted by Gasteiger charge is 2.38. The molecule has 0 fully saturated rings. The van der Waals surface area contributed by atoms with Crippen molar-refractivity contribution in [2.24, 2.45) is 5.92 Å². The molecule has 0 saturated heterocycles. The van der Waals surface area contributed by atoms with Crippen LogP contribution in [0.15, 0.2) is 59.5 Å². The lowest BCUT2D eigenvalue weighted by Crippen LogP contribution is -2.29. The third-order valence-electron chi connectivity index (χ3n) is 5.88. The van der Waals surface area contributed by atoms with E-state index < -0.39 is 10.0 Å². The van der Waals surface area contributed by atoms with Crippen LogP contribution in [-0.4, -0.2) is 40.9 Å². The Balaban J connectivity index is 1.72. The molecule has 0 radical (unpaired) electrons. The first-order valence-electron chi connectivity index (χ1n) is 9.56. The van der Waals surface area contributed by atoms with Gasteiger partial charge in [-0.2, -0.15) is 0 Å². The van der Waals surface area contributed by atoms with Crippen molar-refractivity contribution in [2.75, 3.05) is 38.4 Å². The summed E-state index contributed by atoms with van der Waals surface area (Å²) in [5, 5.41) is 3.68. The lowest BCUT2D eigenvalue weighted by atomic mass is 9.77. The summed E-state index contributed by atoms with van der Waals surface area (Å²) < 4.78 is 26.4. The van der Waals surface area contributed by atoms with E-state index in [4.69, 9.17) is 0 Å². The number of nitrogens with one attached hydrogen (secondary N) is 1. The summed E-state index contributed by atoms with van der Waals surface area (Å²) in [6.07, 6.45) is 5.44. The summed E-state index contributed by atoms with van der Waals surface area (Å²) in [7, 11) is 3.78. The summed E-state index contributed by atoms with van der Waals surface area (Å²) >= 11 is 0. The molecule has 5 nitrogen and oxygen atoms in total. The zero-order valence-corrected chi connectivity index (χ0v) is 17.6. The summed E-state index contributed by atoms with van der Waals surface area (Å²) in [6, 6.07) is 14.3. The van der Waals surface area contributed by atoms with Gasteiger partial charge in [0.1, 0.15) is 0 Å². The average Bonchev–Trinajstić information content (AvgIpc) is 3.17. The van der Waals surface area contributed by atoms with Crippen molar-refractivity contribution < 1.29 is 8.42 Å². The molecule has 3 atom stereocenters. The first-order chi connectivity index (χ1) is 13.3. The van der Waals surface area contributed by atoms with Crippen LogP contribution in [0.1, 0.15) is 29.5 Å². The summed E-state index contributed by atoms with van der Waals surface area (Å²) in [5.74, 6) is 0.613. The van der Waals surface area contributed by atoms with Gasteiger partial charge < -0.3 is 10.2 Å². The van der Waals surface area contributed by atoms with Gasteiger partial charge in [0.25, 0.3) is 0 Å². The van der Waals surface area contributed by atoms with E-state index in [9.17, 15) is 8.42 Å². The number of hydrogen-bond acceptors (Lipinski definition) is 4. The van der Waals surface area contributed by atoms with Crippen molar-refractivity contribution in [3.05, 3.63) is 65.7 Å². The average molecular weight is 398 g/mol. The Morgan fingerprint density at radius 1 is 1.00 bits per heavy atom. The molecule has 0 aromatic heterocycles. The molecule has 0 amide bonds. The van der Waals surface area contributed by atoms with Crippen LogP contribution >= 0.6 is 0 Å². The minimum atomic E-state index is -3.44.